The van der Waals surface area contributed by atoms with Crippen LogP contribution < -0.4 is 0 Å². The quantitative estimate of drug-likeness (QED) is 0.451. The largest absolute Gasteiger partial charge is 0.456 e. The van der Waals surface area contributed by atoms with Crippen LogP contribution in [0.3, 0.4) is 0 Å². The summed E-state index contributed by atoms with van der Waals surface area (Å²) < 4.78 is 5.04. The molecule has 2 saturated carbocycles. The Hall–Kier alpha value is -2.50. The molecule has 3 aliphatic rings. The van der Waals surface area contributed by atoms with Crippen LogP contribution in [0.4, 0.5) is 0 Å². The smallest absolute Gasteiger partial charge is 0.326 e. The van der Waals surface area contributed by atoms with E-state index in [2.05, 4.69) is 0 Å². The fourth-order valence-corrected chi connectivity index (χ4v) is 4.95. The highest BCUT2D eigenvalue weighted by molar-refractivity contribution is 6.08. The number of hydrogen-bond donors (Lipinski definition) is 0. The number of Topliss-reactive ketones (excluding diaryl/α,β-unsaturated/α-hetero) is 1. The van der Waals surface area contributed by atoms with Gasteiger partial charge in [-0.15, -0.1) is 0 Å². The second-order valence-electron chi connectivity index (χ2n) is 8.03. The molecule has 0 spiro atoms. The SMILES string of the molecule is Cc1ccc(C(=O)COC(=O)CN2C(=O)[C@@H]3[C@@H]4CC[C@@H](C4)[C@@H]3C2=O)cc1C. The first kappa shape index (κ1) is 17.9. The minimum Gasteiger partial charge on any atom is -0.456 e. The maximum atomic E-state index is 12.6. The monoisotopic (exact) mass is 369 g/mol. The highest BCUT2D eigenvalue weighted by atomic mass is 16.5. The third kappa shape index (κ3) is 2.97. The normalized spacial score (nSPS) is 28.6. The number of amides is 2. The summed E-state index contributed by atoms with van der Waals surface area (Å²) in [5, 5.41) is 0. The molecule has 0 unspecified atom stereocenters. The Bertz CT molecular complexity index is 817. The average molecular weight is 369 g/mol. The first-order valence-corrected chi connectivity index (χ1v) is 9.48. The van der Waals surface area contributed by atoms with Gasteiger partial charge >= 0.3 is 5.97 Å². The number of nitrogens with zero attached hydrogens (tertiary/aromatic N) is 1. The first-order chi connectivity index (χ1) is 12.9. The topological polar surface area (TPSA) is 80.8 Å². The van der Waals surface area contributed by atoms with Crippen LogP contribution in [0.15, 0.2) is 18.2 Å². The fraction of sp³-hybridized carbons (Fsp3) is 0.524. The number of aryl methyl sites for hydroxylation is 2. The van der Waals surface area contributed by atoms with E-state index in [1.807, 2.05) is 19.9 Å². The molecule has 1 aromatic carbocycles. The van der Waals surface area contributed by atoms with Crippen molar-refractivity contribution in [2.45, 2.75) is 33.1 Å². The Kier molecular flexibility index (Phi) is 4.36. The molecule has 2 aliphatic carbocycles. The second-order valence-corrected chi connectivity index (χ2v) is 8.03. The number of benzene rings is 1. The van der Waals surface area contributed by atoms with Gasteiger partial charge in [-0.1, -0.05) is 12.1 Å². The molecule has 3 fully saturated rings. The van der Waals surface area contributed by atoms with Gasteiger partial charge in [0.05, 0.1) is 11.8 Å². The van der Waals surface area contributed by atoms with E-state index < -0.39 is 19.1 Å². The van der Waals surface area contributed by atoms with Crippen LogP contribution >= 0.6 is 0 Å². The van der Waals surface area contributed by atoms with Crippen molar-refractivity contribution in [3.8, 4) is 0 Å². The highest BCUT2D eigenvalue weighted by Gasteiger charge is 2.61. The average Bonchev–Trinajstić information content (AvgIpc) is 3.32. The number of likely N-dealkylation sites (tertiary alicyclic amines) is 1. The van der Waals surface area contributed by atoms with E-state index in [9.17, 15) is 19.2 Å². The van der Waals surface area contributed by atoms with E-state index in [0.29, 0.717) is 5.56 Å². The van der Waals surface area contributed by atoms with Crippen molar-refractivity contribution in [1.82, 2.24) is 4.90 Å². The van der Waals surface area contributed by atoms with Gasteiger partial charge in [-0.05, 0) is 62.1 Å². The van der Waals surface area contributed by atoms with Crippen molar-refractivity contribution in [3.63, 3.8) is 0 Å². The van der Waals surface area contributed by atoms with Gasteiger partial charge in [-0.25, -0.2) is 0 Å². The van der Waals surface area contributed by atoms with Crippen LogP contribution in [0.1, 0.15) is 40.7 Å². The Balaban J connectivity index is 1.34. The van der Waals surface area contributed by atoms with Crippen LogP contribution in [0, 0.1) is 37.5 Å². The summed E-state index contributed by atoms with van der Waals surface area (Å²) in [4.78, 5) is 50.5. The molecule has 6 nitrogen and oxygen atoms in total. The van der Waals surface area contributed by atoms with E-state index in [1.54, 1.807) is 12.1 Å². The van der Waals surface area contributed by atoms with Gasteiger partial charge in [0.15, 0.2) is 12.4 Å². The summed E-state index contributed by atoms with van der Waals surface area (Å²) in [6.45, 7) is 3.07. The number of carbonyl (C=O) groups excluding carboxylic acids is 4. The van der Waals surface area contributed by atoms with E-state index in [0.717, 1.165) is 35.3 Å². The highest BCUT2D eigenvalue weighted by Crippen LogP contribution is 2.56. The second kappa shape index (κ2) is 6.59. The van der Waals surface area contributed by atoms with Crippen molar-refractivity contribution in [2.24, 2.45) is 23.7 Å². The zero-order valence-corrected chi connectivity index (χ0v) is 15.6. The van der Waals surface area contributed by atoms with Crippen LogP contribution in [0.5, 0.6) is 0 Å². The molecule has 1 aliphatic heterocycles. The summed E-state index contributed by atoms with van der Waals surface area (Å²) in [6, 6.07) is 5.30. The predicted molar refractivity (Wildman–Crippen MR) is 95.7 cm³/mol. The van der Waals surface area contributed by atoms with Gasteiger partial charge in [0, 0.05) is 5.56 Å². The maximum Gasteiger partial charge on any atom is 0.326 e. The lowest BCUT2D eigenvalue weighted by Crippen LogP contribution is -2.38. The first-order valence-electron chi connectivity index (χ1n) is 9.48. The molecule has 1 heterocycles. The van der Waals surface area contributed by atoms with Crippen molar-refractivity contribution in [1.29, 1.82) is 0 Å². The lowest BCUT2D eigenvalue weighted by Gasteiger charge is -2.19. The molecule has 27 heavy (non-hydrogen) atoms. The fourth-order valence-electron chi connectivity index (χ4n) is 4.95. The molecule has 0 aromatic heterocycles. The van der Waals surface area contributed by atoms with E-state index >= 15 is 0 Å². The zero-order valence-electron chi connectivity index (χ0n) is 15.6. The standard InChI is InChI=1S/C21H23NO5/c1-11-3-4-13(7-12(11)2)16(23)10-27-17(24)9-22-20(25)18-14-5-6-15(8-14)19(18)21(22)26/h3-4,7,14-15,18-19H,5-6,8-10H2,1-2H3/t14-,15+,18-,19+. The van der Waals surface area contributed by atoms with E-state index in [-0.39, 0.29) is 41.3 Å². The van der Waals surface area contributed by atoms with Crippen molar-refractivity contribution in [2.75, 3.05) is 13.2 Å². The molecule has 2 bridgehead atoms. The number of hydrogen-bond acceptors (Lipinski definition) is 5. The Morgan fingerprint density at radius 2 is 1.67 bits per heavy atom. The molecular formula is C21H23NO5. The lowest BCUT2D eigenvalue weighted by molar-refractivity contribution is -0.152. The molecule has 6 heteroatoms. The molecule has 1 saturated heterocycles. The van der Waals surface area contributed by atoms with Gasteiger partial charge in [-0.2, -0.15) is 0 Å². The number of rotatable bonds is 5. The molecule has 2 amide bonds. The van der Waals surface area contributed by atoms with Gasteiger partial charge < -0.3 is 4.74 Å². The number of esters is 1. The summed E-state index contributed by atoms with van der Waals surface area (Å²) in [6.07, 6.45) is 2.94. The molecule has 1 aromatic rings. The van der Waals surface area contributed by atoms with Crippen LogP contribution in [-0.4, -0.2) is 41.6 Å². The van der Waals surface area contributed by atoms with Gasteiger partial charge in [0.2, 0.25) is 11.8 Å². The number of ketones is 1. The van der Waals surface area contributed by atoms with Gasteiger partial charge in [-0.3, -0.25) is 24.1 Å². The molecule has 4 rings (SSSR count). The number of imide groups is 1. The van der Waals surface area contributed by atoms with Crippen molar-refractivity contribution < 1.29 is 23.9 Å². The third-order valence-corrected chi connectivity index (χ3v) is 6.50. The molecule has 0 N–H and O–H groups in total. The Morgan fingerprint density at radius 1 is 1.04 bits per heavy atom. The summed E-state index contributed by atoms with van der Waals surface area (Å²) in [5.41, 5.74) is 2.54. The minimum atomic E-state index is -0.721. The van der Waals surface area contributed by atoms with Crippen molar-refractivity contribution >= 4 is 23.6 Å². The Morgan fingerprint density at radius 3 is 2.26 bits per heavy atom. The van der Waals surface area contributed by atoms with Gasteiger partial charge in [0.1, 0.15) is 6.54 Å². The maximum absolute atomic E-state index is 12.6. The Labute approximate surface area is 157 Å². The zero-order chi connectivity index (χ0) is 19.3. The minimum absolute atomic E-state index is 0.241. The number of ether oxygens (including phenoxy) is 1. The van der Waals surface area contributed by atoms with Crippen molar-refractivity contribution in [3.05, 3.63) is 34.9 Å². The lowest BCUT2D eigenvalue weighted by atomic mass is 9.81. The molecule has 142 valence electrons. The van der Waals surface area contributed by atoms with Gasteiger partial charge in [0.25, 0.3) is 0 Å². The van der Waals surface area contributed by atoms with Crippen LogP contribution in [0.25, 0.3) is 0 Å². The summed E-state index contributed by atoms with van der Waals surface area (Å²) in [7, 11) is 0. The summed E-state index contributed by atoms with van der Waals surface area (Å²) >= 11 is 0. The number of fused-ring (bicyclic) bond motifs is 5. The predicted octanol–water partition coefficient (Wildman–Crippen LogP) is 2.06. The molecule has 0 radical (unpaired) electrons. The third-order valence-electron chi connectivity index (χ3n) is 6.50. The molecular weight excluding hydrogens is 346 g/mol. The molecule has 4 atom stereocenters. The number of carbonyl (C=O) groups is 4. The van der Waals surface area contributed by atoms with E-state index in [4.69, 9.17) is 4.74 Å². The van der Waals surface area contributed by atoms with Crippen LogP contribution in [-0.2, 0) is 19.1 Å². The van der Waals surface area contributed by atoms with Crippen LogP contribution in [0.2, 0.25) is 0 Å². The van der Waals surface area contributed by atoms with E-state index in [1.165, 1.54) is 0 Å². The summed E-state index contributed by atoms with van der Waals surface area (Å²) in [5.74, 6) is -1.44.